The minimum absolute atomic E-state index is 0.788. The Labute approximate surface area is 109 Å². The molecule has 0 amide bonds. The predicted molar refractivity (Wildman–Crippen MR) is 74.5 cm³/mol. The Morgan fingerprint density at radius 1 is 1.06 bits per heavy atom. The molecule has 1 aliphatic carbocycles. The standard InChI is InChI=1S/C16H20N2/c1-18-11-16(17-12-18)15-9-7-14(8-10-15)13-5-3-2-4-6-13/h7-13H,2-6H2,1H3. The zero-order valence-electron chi connectivity index (χ0n) is 11.0. The van der Waals surface area contributed by atoms with Gasteiger partial charge in [-0.2, -0.15) is 0 Å². The van der Waals surface area contributed by atoms with Crippen molar-refractivity contribution in [3.63, 3.8) is 0 Å². The van der Waals surface area contributed by atoms with E-state index in [0.717, 1.165) is 11.6 Å². The lowest BCUT2D eigenvalue weighted by molar-refractivity contribution is 0.443. The van der Waals surface area contributed by atoms with Gasteiger partial charge in [0.1, 0.15) is 0 Å². The van der Waals surface area contributed by atoms with Crippen molar-refractivity contribution < 1.29 is 0 Å². The molecule has 0 N–H and O–H groups in total. The lowest BCUT2D eigenvalue weighted by Gasteiger charge is -2.22. The summed E-state index contributed by atoms with van der Waals surface area (Å²) in [7, 11) is 2.01. The van der Waals surface area contributed by atoms with Gasteiger partial charge in [0.05, 0.1) is 12.0 Å². The van der Waals surface area contributed by atoms with Gasteiger partial charge in [-0.25, -0.2) is 4.98 Å². The topological polar surface area (TPSA) is 17.8 Å². The molecule has 2 aromatic rings. The monoisotopic (exact) mass is 240 g/mol. The summed E-state index contributed by atoms with van der Waals surface area (Å²) in [6.45, 7) is 0. The van der Waals surface area contributed by atoms with Crippen molar-refractivity contribution in [1.82, 2.24) is 9.55 Å². The van der Waals surface area contributed by atoms with E-state index < -0.39 is 0 Å². The molecule has 0 saturated heterocycles. The Morgan fingerprint density at radius 3 is 2.39 bits per heavy atom. The van der Waals surface area contributed by atoms with Crippen molar-refractivity contribution in [3.05, 3.63) is 42.4 Å². The van der Waals surface area contributed by atoms with E-state index in [1.807, 2.05) is 17.9 Å². The summed E-state index contributed by atoms with van der Waals surface area (Å²) in [4.78, 5) is 4.39. The van der Waals surface area contributed by atoms with Crippen molar-refractivity contribution >= 4 is 0 Å². The highest BCUT2D eigenvalue weighted by atomic mass is 15.0. The van der Waals surface area contributed by atoms with Crippen LogP contribution in [0.2, 0.25) is 0 Å². The first-order valence-corrected chi connectivity index (χ1v) is 6.91. The summed E-state index contributed by atoms with van der Waals surface area (Å²) >= 11 is 0. The number of hydrogen-bond acceptors (Lipinski definition) is 1. The second-order valence-corrected chi connectivity index (χ2v) is 5.38. The smallest absolute Gasteiger partial charge is 0.0951 e. The minimum atomic E-state index is 0.788. The highest BCUT2D eigenvalue weighted by molar-refractivity contribution is 5.58. The molecule has 3 rings (SSSR count). The first-order chi connectivity index (χ1) is 8.83. The first kappa shape index (κ1) is 11.5. The zero-order valence-corrected chi connectivity index (χ0v) is 11.0. The van der Waals surface area contributed by atoms with Crippen LogP contribution in [-0.4, -0.2) is 9.55 Å². The van der Waals surface area contributed by atoms with Crippen LogP contribution in [0, 0.1) is 0 Å². The molecule has 0 atom stereocenters. The van der Waals surface area contributed by atoms with Crippen LogP contribution in [0.1, 0.15) is 43.6 Å². The fourth-order valence-electron chi connectivity index (χ4n) is 2.92. The molecule has 0 spiro atoms. The summed E-state index contributed by atoms with van der Waals surface area (Å²) in [5, 5.41) is 0. The number of imidazole rings is 1. The fraction of sp³-hybridized carbons (Fsp3) is 0.438. The molecular formula is C16H20N2. The average molecular weight is 240 g/mol. The van der Waals surface area contributed by atoms with Crippen LogP contribution in [-0.2, 0) is 7.05 Å². The number of hydrogen-bond donors (Lipinski definition) is 0. The van der Waals surface area contributed by atoms with E-state index in [0.29, 0.717) is 0 Å². The summed E-state index contributed by atoms with van der Waals surface area (Å²) < 4.78 is 1.99. The van der Waals surface area contributed by atoms with Crippen LogP contribution in [0.15, 0.2) is 36.8 Å². The third-order valence-electron chi connectivity index (χ3n) is 3.99. The molecule has 1 fully saturated rings. The van der Waals surface area contributed by atoms with Gasteiger partial charge in [0.15, 0.2) is 0 Å². The molecule has 2 nitrogen and oxygen atoms in total. The molecule has 1 aromatic heterocycles. The maximum Gasteiger partial charge on any atom is 0.0951 e. The van der Waals surface area contributed by atoms with Crippen LogP contribution in [0.3, 0.4) is 0 Å². The predicted octanol–water partition coefficient (Wildman–Crippen LogP) is 4.13. The normalized spacial score (nSPS) is 16.9. The molecule has 18 heavy (non-hydrogen) atoms. The molecule has 94 valence electrons. The van der Waals surface area contributed by atoms with Gasteiger partial charge >= 0.3 is 0 Å². The van der Waals surface area contributed by atoms with Crippen molar-refractivity contribution in [1.29, 1.82) is 0 Å². The largest absolute Gasteiger partial charge is 0.340 e. The van der Waals surface area contributed by atoms with Crippen LogP contribution in [0.5, 0.6) is 0 Å². The minimum Gasteiger partial charge on any atom is -0.340 e. The number of aromatic nitrogens is 2. The molecule has 1 aliphatic rings. The molecule has 1 heterocycles. The van der Waals surface area contributed by atoms with Gasteiger partial charge in [0.2, 0.25) is 0 Å². The number of nitrogens with zero attached hydrogens (tertiary/aromatic N) is 2. The summed E-state index contributed by atoms with van der Waals surface area (Å²) in [6.07, 6.45) is 10.9. The molecule has 1 aromatic carbocycles. The van der Waals surface area contributed by atoms with Gasteiger partial charge in [-0.3, -0.25) is 0 Å². The van der Waals surface area contributed by atoms with E-state index in [-0.39, 0.29) is 0 Å². The number of rotatable bonds is 2. The van der Waals surface area contributed by atoms with E-state index in [1.165, 1.54) is 43.2 Å². The average Bonchev–Trinajstić information content (AvgIpc) is 2.87. The molecule has 0 bridgehead atoms. The lowest BCUT2D eigenvalue weighted by atomic mass is 9.84. The van der Waals surface area contributed by atoms with Crippen molar-refractivity contribution in [2.45, 2.75) is 38.0 Å². The third-order valence-corrected chi connectivity index (χ3v) is 3.99. The molecule has 0 unspecified atom stereocenters. The lowest BCUT2D eigenvalue weighted by Crippen LogP contribution is -2.04. The molecule has 0 aliphatic heterocycles. The Hall–Kier alpha value is -1.57. The number of aryl methyl sites for hydroxylation is 1. The fourth-order valence-corrected chi connectivity index (χ4v) is 2.92. The SMILES string of the molecule is Cn1cnc(-c2ccc(C3CCCCC3)cc2)c1. The van der Waals surface area contributed by atoms with E-state index in [4.69, 9.17) is 0 Å². The van der Waals surface area contributed by atoms with E-state index in [9.17, 15) is 0 Å². The summed E-state index contributed by atoms with van der Waals surface area (Å²) in [5.74, 6) is 0.788. The van der Waals surface area contributed by atoms with Crippen molar-refractivity contribution in [2.75, 3.05) is 0 Å². The van der Waals surface area contributed by atoms with Gasteiger partial charge in [-0.05, 0) is 24.3 Å². The Bertz CT molecular complexity index is 504. The quantitative estimate of drug-likeness (QED) is 0.771. The molecule has 1 saturated carbocycles. The highest BCUT2D eigenvalue weighted by Crippen LogP contribution is 2.33. The van der Waals surface area contributed by atoms with Crippen LogP contribution >= 0.6 is 0 Å². The molecule has 0 radical (unpaired) electrons. The highest BCUT2D eigenvalue weighted by Gasteiger charge is 2.15. The maximum absolute atomic E-state index is 4.39. The summed E-state index contributed by atoms with van der Waals surface area (Å²) in [5.41, 5.74) is 3.79. The Morgan fingerprint density at radius 2 is 1.78 bits per heavy atom. The zero-order chi connectivity index (χ0) is 12.4. The van der Waals surface area contributed by atoms with Crippen molar-refractivity contribution in [3.8, 4) is 11.3 Å². The van der Waals surface area contributed by atoms with Crippen LogP contribution in [0.25, 0.3) is 11.3 Å². The van der Waals surface area contributed by atoms with Crippen LogP contribution in [0.4, 0.5) is 0 Å². The number of benzene rings is 1. The molecular weight excluding hydrogens is 220 g/mol. The Kier molecular flexibility index (Phi) is 3.18. The molecule has 2 heteroatoms. The second kappa shape index (κ2) is 4.97. The van der Waals surface area contributed by atoms with Gasteiger partial charge in [0.25, 0.3) is 0 Å². The van der Waals surface area contributed by atoms with Crippen LogP contribution < -0.4 is 0 Å². The van der Waals surface area contributed by atoms with Gasteiger partial charge < -0.3 is 4.57 Å². The van der Waals surface area contributed by atoms with Gasteiger partial charge in [-0.15, -0.1) is 0 Å². The van der Waals surface area contributed by atoms with E-state index in [2.05, 4.69) is 35.4 Å². The maximum atomic E-state index is 4.39. The van der Waals surface area contributed by atoms with Gasteiger partial charge in [-0.1, -0.05) is 43.5 Å². The summed E-state index contributed by atoms with van der Waals surface area (Å²) in [6, 6.07) is 9.01. The first-order valence-electron chi connectivity index (χ1n) is 6.91. The second-order valence-electron chi connectivity index (χ2n) is 5.38. The Balaban J connectivity index is 1.80. The van der Waals surface area contributed by atoms with Crippen molar-refractivity contribution in [2.24, 2.45) is 7.05 Å². The third kappa shape index (κ3) is 2.33. The van der Waals surface area contributed by atoms with E-state index in [1.54, 1.807) is 0 Å². The van der Waals surface area contributed by atoms with Gasteiger partial charge in [0, 0.05) is 18.8 Å². The van der Waals surface area contributed by atoms with E-state index >= 15 is 0 Å².